The zero-order valence-corrected chi connectivity index (χ0v) is 28.2. The second kappa shape index (κ2) is 18.6. The Labute approximate surface area is 300 Å². The van der Waals surface area contributed by atoms with Crippen LogP contribution in [-0.4, -0.2) is 35.2 Å². The van der Waals surface area contributed by atoms with Crippen molar-refractivity contribution in [2.45, 2.75) is 44.4 Å². The first-order valence-corrected chi connectivity index (χ1v) is 15.8. The molecule has 0 saturated carbocycles. The van der Waals surface area contributed by atoms with Gasteiger partial charge < -0.3 is 9.84 Å². The molecule has 2 atom stereocenters. The average molecular weight is 777 g/mol. The highest BCUT2D eigenvalue weighted by atomic mass is 35.5. The van der Waals surface area contributed by atoms with Gasteiger partial charge in [-0.05, 0) is 67.3 Å². The van der Waals surface area contributed by atoms with Crippen LogP contribution in [0.4, 0.5) is 35.1 Å². The smallest absolute Gasteiger partial charge is 0.305 e. The number of carbonyl (C=O) groups excluding carboxylic acids is 3. The number of ether oxygens (including phenoxy) is 1. The maximum atomic E-state index is 14.0. The van der Waals surface area contributed by atoms with E-state index in [-0.39, 0.29) is 47.0 Å². The van der Waals surface area contributed by atoms with E-state index in [1.54, 1.807) is 6.92 Å². The topological polar surface area (TPSA) is 97.7 Å². The van der Waals surface area contributed by atoms with Crippen molar-refractivity contribution in [1.29, 1.82) is 0 Å². The van der Waals surface area contributed by atoms with E-state index in [0.717, 1.165) is 30.3 Å². The molecule has 52 heavy (non-hydrogen) atoms. The largest absolute Gasteiger partial charge is 0.481 e. The molecule has 4 aromatic rings. The highest BCUT2D eigenvalue weighted by Gasteiger charge is 2.32. The van der Waals surface area contributed by atoms with Crippen LogP contribution < -0.4 is 0 Å². The molecule has 2 unspecified atom stereocenters. The molecule has 0 amide bonds. The van der Waals surface area contributed by atoms with Gasteiger partial charge in [-0.15, -0.1) is 0 Å². The Morgan fingerprint density at radius 3 is 1.31 bits per heavy atom. The zero-order valence-electron chi connectivity index (χ0n) is 26.7. The van der Waals surface area contributed by atoms with Crippen LogP contribution >= 0.6 is 23.2 Å². The second-order valence-corrected chi connectivity index (χ2v) is 11.7. The van der Waals surface area contributed by atoms with Crippen molar-refractivity contribution in [3.8, 4) is 0 Å². The van der Waals surface area contributed by atoms with Crippen LogP contribution in [0, 0.1) is 46.5 Å². The van der Waals surface area contributed by atoms with Gasteiger partial charge in [-0.1, -0.05) is 23.2 Å². The van der Waals surface area contributed by atoms with Crippen LogP contribution in [0.2, 0.25) is 10.0 Å². The molecule has 0 aromatic heterocycles. The summed E-state index contributed by atoms with van der Waals surface area (Å²) >= 11 is 12.0. The molecule has 0 aliphatic heterocycles. The van der Waals surface area contributed by atoms with Crippen molar-refractivity contribution in [2.24, 2.45) is 0 Å². The lowest BCUT2D eigenvalue weighted by Gasteiger charge is -2.18. The molecule has 6 nitrogen and oxygen atoms in total. The normalized spacial score (nSPS) is 12.0. The van der Waals surface area contributed by atoms with E-state index in [1.807, 2.05) is 0 Å². The van der Waals surface area contributed by atoms with Gasteiger partial charge in [0, 0.05) is 59.0 Å². The van der Waals surface area contributed by atoms with Crippen LogP contribution in [0.15, 0.2) is 60.7 Å². The summed E-state index contributed by atoms with van der Waals surface area (Å²) in [5, 5.41) is 8.74. The second-order valence-electron chi connectivity index (χ2n) is 10.9. The van der Waals surface area contributed by atoms with E-state index >= 15 is 0 Å². The van der Waals surface area contributed by atoms with Crippen molar-refractivity contribution < 1.29 is 64.1 Å². The quantitative estimate of drug-likeness (QED) is 0.0825. The first kappa shape index (κ1) is 41.6. The maximum absolute atomic E-state index is 14.0. The summed E-state index contributed by atoms with van der Waals surface area (Å²) in [4.78, 5) is 47.8. The lowest BCUT2D eigenvalue weighted by Crippen LogP contribution is -2.19. The standard InChI is InChI=1S/C19H15ClF4O3.C17H11ClF4O3/c1-2-27-17(25)6-4-12(13-7-10(21)3-5-14(13)20)19(26)18-15(23)8-11(22)9-16(18)24;18-12-3-1-8(19)5-11(12)10(2-4-15(23)24)17(25)16-13(21)6-9(20)7-14(16)22/h3,5,7-9,12H,2,4,6H2,1H3;1,3,5-7,10H,2,4H2,(H,23,24). The van der Waals surface area contributed by atoms with Gasteiger partial charge >= 0.3 is 11.9 Å². The van der Waals surface area contributed by atoms with E-state index in [1.165, 1.54) is 6.07 Å². The number of carbonyl (C=O) groups is 4. The van der Waals surface area contributed by atoms with Crippen molar-refractivity contribution in [1.82, 2.24) is 0 Å². The Morgan fingerprint density at radius 2 is 0.962 bits per heavy atom. The third-order valence-corrected chi connectivity index (χ3v) is 8.08. The number of hydrogen-bond acceptors (Lipinski definition) is 5. The molecule has 0 aliphatic carbocycles. The number of hydrogen-bond donors (Lipinski definition) is 1. The van der Waals surface area contributed by atoms with Crippen molar-refractivity contribution >= 4 is 46.7 Å². The summed E-state index contributed by atoms with van der Waals surface area (Å²) in [6, 6.07) is 7.65. The number of esters is 1. The molecule has 0 heterocycles. The summed E-state index contributed by atoms with van der Waals surface area (Å²) in [7, 11) is 0. The zero-order chi connectivity index (χ0) is 38.9. The fourth-order valence-corrected chi connectivity index (χ4v) is 5.58. The van der Waals surface area contributed by atoms with Crippen molar-refractivity contribution in [3.05, 3.63) is 140 Å². The minimum atomic E-state index is -1.43. The molecule has 0 spiro atoms. The third-order valence-electron chi connectivity index (χ3n) is 7.40. The first-order valence-electron chi connectivity index (χ1n) is 15.1. The Hall–Kier alpha value is -4.82. The minimum Gasteiger partial charge on any atom is -0.481 e. The number of benzene rings is 4. The molecule has 16 heteroatoms. The number of carboxylic acid groups (broad SMARTS) is 1. The Bertz CT molecular complexity index is 1940. The highest BCUT2D eigenvalue weighted by Crippen LogP contribution is 2.35. The molecule has 0 saturated heterocycles. The number of ketones is 2. The number of rotatable bonds is 13. The van der Waals surface area contributed by atoms with E-state index < -0.39 is 99.4 Å². The summed E-state index contributed by atoms with van der Waals surface area (Å²) in [6.45, 7) is 1.70. The van der Waals surface area contributed by atoms with Crippen LogP contribution in [0.3, 0.4) is 0 Å². The molecule has 0 fully saturated rings. The molecule has 0 radical (unpaired) electrons. The summed E-state index contributed by atoms with van der Waals surface area (Å²) in [5.41, 5.74) is -2.15. The molecular formula is C36H26Cl2F8O6. The lowest BCUT2D eigenvalue weighted by molar-refractivity contribution is -0.143. The first-order chi connectivity index (χ1) is 24.4. The van der Waals surface area contributed by atoms with E-state index in [4.69, 9.17) is 33.0 Å². The predicted octanol–water partition coefficient (Wildman–Crippen LogP) is 9.93. The maximum Gasteiger partial charge on any atom is 0.305 e. The molecule has 276 valence electrons. The molecule has 0 bridgehead atoms. The van der Waals surface area contributed by atoms with Crippen LogP contribution in [-0.2, 0) is 14.3 Å². The summed E-state index contributed by atoms with van der Waals surface area (Å²) < 4.78 is 114. The van der Waals surface area contributed by atoms with Crippen LogP contribution in [0.1, 0.15) is 76.3 Å². The van der Waals surface area contributed by atoms with Gasteiger partial charge in [-0.3, -0.25) is 19.2 Å². The molecule has 0 aliphatic rings. The fourth-order valence-electron chi connectivity index (χ4n) is 5.09. The van der Waals surface area contributed by atoms with Crippen LogP contribution in [0.5, 0.6) is 0 Å². The SMILES string of the molecule is CCOC(=O)CCC(C(=O)c1c(F)cc(F)cc1F)c1cc(F)ccc1Cl.O=C(O)CCC(C(=O)c1c(F)cc(F)cc1F)c1cc(F)ccc1Cl. The van der Waals surface area contributed by atoms with E-state index in [0.29, 0.717) is 24.3 Å². The summed E-state index contributed by atoms with van der Waals surface area (Å²) in [6.07, 6.45) is -1.38. The van der Waals surface area contributed by atoms with Gasteiger partial charge in [0.1, 0.15) is 46.5 Å². The molecule has 1 N–H and O–H groups in total. The number of aliphatic carboxylic acids is 1. The Balaban J connectivity index is 0.000000281. The predicted molar refractivity (Wildman–Crippen MR) is 172 cm³/mol. The van der Waals surface area contributed by atoms with Crippen LogP contribution in [0.25, 0.3) is 0 Å². The lowest BCUT2D eigenvalue weighted by atomic mass is 9.86. The van der Waals surface area contributed by atoms with E-state index in [9.17, 15) is 54.3 Å². The highest BCUT2D eigenvalue weighted by molar-refractivity contribution is 6.32. The molecule has 4 aromatic carbocycles. The van der Waals surface area contributed by atoms with Gasteiger partial charge in [0.05, 0.1) is 17.7 Å². The fraction of sp³-hybridized carbons (Fsp3) is 0.222. The third kappa shape index (κ3) is 10.8. The Kier molecular flexibility index (Phi) is 14.9. The number of Topliss-reactive ketones (excluding diaryl/α,β-unsaturated/α-hetero) is 2. The van der Waals surface area contributed by atoms with Gasteiger partial charge in [0.2, 0.25) is 0 Å². The monoisotopic (exact) mass is 776 g/mol. The van der Waals surface area contributed by atoms with Crippen molar-refractivity contribution in [3.63, 3.8) is 0 Å². The van der Waals surface area contributed by atoms with Gasteiger partial charge in [-0.2, -0.15) is 0 Å². The Morgan fingerprint density at radius 1 is 0.596 bits per heavy atom. The van der Waals surface area contributed by atoms with Crippen molar-refractivity contribution in [2.75, 3.05) is 6.61 Å². The molecular weight excluding hydrogens is 751 g/mol. The average Bonchev–Trinajstić information content (AvgIpc) is 3.03. The van der Waals surface area contributed by atoms with Gasteiger partial charge in [0.25, 0.3) is 0 Å². The molecule has 4 rings (SSSR count). The van der Waals surface area contributed by atoms with E-state index in [2.05, 4.69) is 0 Å². The van der Waals surface area contributed by atoms with Gasteiger partial charge in [-0.25, -0.2) is 35.1 Å². The summed E-state index contributed by atoms with van der Waals surface area (Å²) in [5.74, 6) is -16.4. The number of carboxylic acids is 1. The minimum absolute atomic E-state index is 0.0125. The van der Waals surface area contributed by atoms with Gasteiger partial charge in [0.15, 0.2) is 11.6 Å². The number of halogens is 10.